The van der Waals surface area contributed by atoms with E-state index < -0.39 is 72.5 Å². The molecule has 0 atom stereocenters. The van der Waals surface area contributed by atoms with E-state index in [-0.39, 0.29) is 137 Å². The first kappa shape index (κ1) is 53.9. The van der Waals surface area contributed by atoms with Crippen molar-refractivity contribution in [3.63, 3.8) is 0 Å². The highest BCUT2D eigenvalue weighted by Gasteiger charge is 2.26. The normalized spacial score (nSPS) is 14.3. The first-order valence-corrected chi connectivity index (χ1v) is 42.4. The molecule has 24 aromatic carbocycles. The molecule has 129 heavy (non-hydrogen) atoms. The van der Waals surface area contributed by atoms with Gasteiger partial charge in [0.25, 0.3) is 0 Å². The standard InChI is InChI=1S/C46H28O.C42H26O.C38H24O/c1-2-14-31-29(12-1)13-11-22-32(31)35-25-26-41(34-16-4-3-15-33(34)35)46-39-20-7-5-18-37(39)45(38-19-6-8-21-40(38)46)30-24-27-44-42(28-30)36-17-9-10-23-43(36)47-44;1-2-12-27(13-3-1)29-23-24-37(31-15-5-4-14-30(29)31)42-35-19-8-6-17-33(35)41(34-18-7-9-20-36(34)42)28-22-25-40-38(26-28)32-16-10-11-21-39(32)43-40;1-2-12-25(13-3-1)27-14-4-5-16-29(27)38-32-19-8-6-17-30(32)37(31-18-7-9-20-33(31)38)26-22-23-36-34(24-26)28-15-10-11-21-35(28)39-36/h1-28H;1-26H;1-24H/i5D,6D,7D,8D,18D,19D,20D,21D;2*6D,7D,8D,9D,17D,18D,19D,20D. The van der Waals surface area contributed by atoms with E-state index in [2.05, 4.69) is 24.3 Å². The predicted octanol–water partition coefficient (Wildman–Crippen LogP) is 36.1. The first-order chi connectivity index (χ1) is 74.0. The Kier molecular flexibility index (Phi) is 13.0. The van der Waals surface area contributed by atoms with Gasteiger partial charge in [-0.3, -0.25) is 0 Å². The fourth-order valence-corrected chi connectivity index (χ4v) is 19.4. The van der Waals surface area contributed by atoms with Crippen LogP contribution in [0.3, 0.4) is 0 Å². The quantitative estimate of drug-likeness (QED) is 0.135. The van der Waals surface area contributed by atoms with E-state index in [4.69, 9.17) is 29.7 Å². The van der Waals surface area contributed by atoms with Gasteiger partial charge in [-0.1, -0.05) is 418 Å². The summed E-state index contributed by atoms with van der Waals surface area (Å²) in [6, 6.07) is 95.2. The highest BCUT2D eigenvalue weighted by atomic mass is 16.3. The lowest BCUT2D eigenvalue weighted by Gasteiger charge is -2.20. The Morgan fingerprint density at radius 3 is 0.752 bits per heavy atom. The summed E-state index contributed by atoms with van der Waals surface area (Å²) in [5.74, 6) is 0. The average molecular weight is 1660 g/mol. The Morgan fingerprint density at radius 2 is 0.372 bits per heavy atom. The molecule has 27 rings (SSSR count). The molecular formula is C126H78O3. The van der Waals surface area contributed by atoms with Crippen LogP contribution in [0.4, 0.5) is 0 Å². The zero-order chi connectivity index (χ0) is 106. The molecule has 0 N–H and O–H groups in total. The Bertz CT molecular complexity index is 10500. The molecule has 0 spiro atoms. The zero-order valence-corrected chi connectivity index (χ0v) is 68.4. The Morgan fingerprint density at radius 1 is 0.132 bits per heavy atom. The molecule has 0 aliphatic rings. The van der Waals surface area contributed by atoms with Crippen molar-refractivity contribution in [3.05, 3.63) is 473 Å². The molecule has 3 heteroatoms. The monoisotopic (exact) mass is 1660 g/mol. The fourth-order valence-electron chi connectivity index (χ4n) is 19.4. The van der Waals surface area contributed by atoms with Crippen LogP contribution in [0.2, 0.25) is 0 Å². The third-order valence-electron chi connectivity index (χ3n) is 25.0. The molecule has 600 valence electrons. The fraction of sp³-hybridized carbons (Fsp3) is 0. The smallest absolute Gasteiger partial charge is 0.135 e. The maximum absolute atomic E-state index is 9.46. The second-order valence-corrected chi connectivity index (χ2v) is 31.9. The van der Waals surface area contributed by atoms with Crippen LogP contribution in [-0.2, 0) is 0 Å². The second-order valence-electron chi connectivity index (χ2n) is 31.9. The van der Waals surface area contributed by atoms with Gasteiger partial charge < -0.3 is 13.3 Å². The molecular weight excluding hydrogens is 1560 g/mol. The van der Waals surface area contributed by atoms with Gasteiger partial charge in [0.1, 0.15) is 33.5 Å². The summed E-state index contributed by atoms with van der Waals surface area (Å²) in [4.78, 5) is 0. The van der Waals surface area contributed by atoms with Gasteiger partial charge in [-0.05, 0) is 252 Å². The maximum atomic E-state index is 9.46. The molecule has 3 heterocycles. The van der Waals surface area contributed by atoms with E-state index in [1.807, 2.05) is 267 Å². The summed E-state index contributed by atoms with van der Waals surface area (Å²) >= 11 is 0. The lowest BCUT2D eigenvalue weighted by Crippen LogP contribution is -1.92. The first-order valence-electron chi connectivity index (χ1n) is 54.4. The van der Waals surface area contributed by atoms with Crippen LogP contribution in [-0.4, -0.2) is 0 Å². The summed E-state index contributed by atoms with van der Waals surface area (Å²) in [5, 5.41) is 12.6. The summed E-state index contributed by atoms with van der Waals surface area (Å²) in [5.41, 5.74) is 14.8. The number of hydrogen-bond acceptors (Lipinski definition) is 3. The lowest BCUT2D eigenvalue weighted by atomic mass is 9.83. The minimum atomic E-state index is -0.434. The molecule has 0 fully saturated rings. The van der Waals surface area contributed by atoms with Crippen molar-refractivity contribution in [1.82, 2.24) is 0 Å². The third-order valence-corrected chi connectivity index (χ3v) is 25.0. The molecule has 0 aliphatic heterocycles. The number of rotatable bonds is 9. The van der Waals surface area contributed by atoms with Crippen LogP contribution >= 0.6 is 0 Å². The Labute approximate surface area is 777 Å². The van der Waals surface area contributed by atoms with Crippen molar-refractivity contribution in [1.29, 1.82) is 0 Å². The third kappa shape index (κ3) is 12.5. The van der Waals surface area contributed by atoms with Gasteiger partial charge in [-0.15, -0.1) is 0 Å². The number of benzene rings is 24. The molecule has 3 nitrogen and oxygen atoms in total. The Balaban J connectivity index is 0.000000119. The molecule has 3 aromatic heterocycles. The number of fused-ring (bicyclic) bond motifs is 18. The minimum Gasteiger partial charge on any atom is -0.456 e. The Hall–Kier alpha value is -17.0. The molecule has 0 aliphatic carbocycles. The summed E-state index contributed by atoms with van der Waals surface area (Å²) < 4.78 is 236. The lowest BCUT2D eigenvalue weighted by molar-refractivity contribution is 0.668. The predicted molar refractivity (Wildman–Crippen MR) is 548 cm³/mol. The molecule has 0 saturated heterocycles. The van der Waals surface area contributed by atoms with Crippen LogP contribution in [0.1, 0.15) is 32.9 Å². The number of para-hydroxylation sites is 3. The second kappa shape index (κ2) is 31.1. The van der Waals surface area contributed by atoms with Gasteiger partial charge in [0, 0.05) is 32.3 Å². The van der Waals surface area contributed by atoms with Crippen molar-refractivity contribution in [2.24, 2.45) is 0 Å². The van der Waals surface area contributed by atoms with E-state index in [1.165, 1.54) is 0 Å². The van der Waals surface area contributed by atoms with Crippen LogP contribution in [0.25, 0.3) is 263 Å². The van der Waals surface area contributed by atoms with Crippen molar-refractivity contribution in [2.45, 2.75) is 0 Å². The van der Waals surface area contributed by atoms with Gasteiger partial charge in [0.2, 0.25) is 0 Å². The highest BCUT2D eigenvalue weighted by Crippen LogP contribution is 2.53. The van der Waals surface area contributed by atoms with Crippen molar-refractivity contribution in [3.8, 4) is 100 Å². The van der Waals surface area contributed by atoms with Crippen molar-refractivity contribution < 1.29 is 46.1 Å². The SMILES string of the molecule is [2H]c1c([2H])c([2H])c2c(-c3ccc(-c4cccc5ccccc45)c4ccccc34)c3c([2H])c([2H])c([2H])c([2H])c3c(-c3ccc4oc5ccccc5c4c3)c2c1[2H].[2H]c1c([2H])c([2H])c2c(-c3ccc(-c4ccccc4)c4ccccc34)c3c([2H])c([2H])c([2H])c([2H])c3c(-c3ccc4oc5ccccc5c4c3)c2c1[2H].[2H]c1c([2H])c([2H])c2c(-c3ccccc3-c3ccccc3)c3c([2H])c([2H])c([2H])c([2H])c3c(-c3ccc4oc5ccccc5c4c3)c2c1[2H]. The summed E-state index contributed by atoms with van der Waals surface area (Å²) in [7, 11) is 0. The van der Waals surface area contributed by atoms with Gasteiger partial charge >= 0.3 is 0 Å². The van der Waals surface area contributed by atoms with Gasteiger partial charge in [-0.25, -0.2) is 0 Å². The molecule has 27 aromatic rings. The largest absolute Gasteiger partial charge is 0.456 e. The minimum absolute atomic E-state index is 0.174. The molecule has 0 bridgehead atoms. The zero-order valence-electron chi connectivity index (χ0n) is 92.4. The molecule has 0 radical (unpaired) electrons. The van der Waals surface area contributed by atoms with E-state index >= 15 is 0 Å². The van der Waals surface area contributed by atoms with E-state index in [0.29, 0.717) is 100 Å². The van der Waals surface area contributed by atoms with Crippen molar-refractivity contribution in [2.75, 3.05) is 0 Å². The van der Waals surface area contributed by atoms with Gasteiger partial charge in [-0.2, -0.15) is 0 Å². The maximum Gasteiger partial charge on any atom is 0.135 e. The number of furan rings is 3. The molecule has 0 amide bonds. The van der Waals surface area contributed by atoms with E-state index in [1.54, 1.807) is 36.4 Å². The molecule has 0 unspecified atom stereocenters. The van der Waals surface area contributed by atoms with Gasteiger partial charge in [0.15, 0.2) is 0 Å². The van der Waals surface area contributed by atoms with Gasteiger partial charge in [0.05, 0.1) is 32.9 Å². The van der Waals surface area contributed by atoms with Crippen LogP contribution in [0, 0.1) is 0 Å². The van der Waals surface area contributed by atoms with E-state index in [0.717, 1.165) is 98.0 Å². The molecule has 0 saturated carbocycles. The summed E-state index contributed by atoms with van der Waals surface area (Å²) in [6.07, 6.45) is 0. The average Bonchev–Trinajstić information content (AvgIpc) is 1.10. The number of hydrogen-bond donors (Lipinski definition) is 0. The van der Waals surface area contributed by atoms with E-state index in [9.17, 15) is 16.4 Å². The van der Waals surface area contributed by atoms with Crippen LogP contribution in [0.15, 0.2) is 486 Å². The van der Waals surface area contributed by atoms with Crippen LogP contribution in [0.5, 0.6) is 0 Å². The topological polar surface area (TPSA) is 39.4 Å². The van der Waals surface area contributed by atoms with Crippen molar-refractivity contribution >= 4 is 163 Å². The highest BCUT2D eigenvalue weighted by molar-refractivity contribution is 6.29. The van der Waals surface area contributed by atoms with Crippen LogP contribution < -0.4 is 0 Å². The summed E-state index contributed by atoms with van der Waals surface area (Å²) in [6.45, 7) is 0.